The van der Waals surface area contributed by atoms with Crippen molar-refractivity contribution in [2.75, 3.05) is 32.7 Å². The number of nitrogens with zero attached hydrogens (tertiary/aromatic N) is 3. The average Bonchev–Trinajstić information content (AvgIpc) is 3.22. The van der Waals surface area contributed by atoms with E-state index in [1.54, 1.807) is 0 Å². The fourth-order valence-corrected chi connectivity index (χ4v) is 3.55. The van der Waals surface area contributed by atoms with E-state index in [1.165, 1.54) is 32.5 Å². The molecule has 2 aliphatic rings. The van der Waals surface area contributed by atoms with E-state index in [2.05, 4.69) is 42.0 Å². The van der Waals surface area contributed by atoms with Crippen molar-refractivity contribution >= 4 is 0 Å². The summed E-state index contributed by atoms with van der Waals surface area (Å²) in [7, 11) is 0. The van der Waals surface area contributed by atoms with E-state index < -0.39 is 5.54 Å². The summed E-state index contributed by atoms with van der Waals surface area (Å²) in [5.41, 5.74) is -0.418. The van der Waals surface area contributed by atoms with Gasteiger partial charge in [0.2, 0.25) is 0 Å². The number of nitrogens with one attached hydrogen (secondary N) is 1. The van der Waals surface area contributed by atoms with Crippen LogP contribution in [-0.2, 0) is 0 Å². The summed E-state index contributed by atoms with van der Waals surface area (Å²) in [5.74, 6) is 0.992. The maximum atomic E-state index is 9.49. The first-order valence-corrected chi connectivity index (χ1v) is 8.57. The van der Waals surface area contributed by atoms with Crippen molar-refractivity contribution in [3.63, 3.8) is 0 Å². The molecule has 4 heteroatoms. The smallest absolute Gasteiger partial charge is 0.105 e. The lowest BCUT2D eigenvalue weighted by Gasteiger charge is -2.40. The van der Waals surface area contributed by atoms with Gasteiger partial charge >= 0.3 is 0 Å². The second-order valence-electron chi connectivity index (χ2n) is 7.58. The molecule has 2 unspecified atom stereocenters. The Morgan fingerprint density at radius 2 is 1.81 bits per heavy atom. The molecule has 0 aromatic heterocycles. The van der Waals surface area contributed by atoms with E-state index >= 15 is 0 Å². The first-order chi connectivity index (χ1) is 9.92. The summed E-state index contributed by atoms with van der Waals surface area (Å²) in [5, 5.41) is 12.9. The molecule has 0 spiro atoms. The molecule has 1 aliphatic heterocycles. The minimum Gasteiger partial charge on any atom is -0.301 e. The van der Waals surface area contributed by atoms with Gasteiger partial charge in [0.05, 0.1) is 6.07 Å². The second-order valence-corrected chi connectivity index (χ2v) is 7.58. The van der Waals surface area contributed by atoms with E-state index in [0.717, 1.165) is 25.4 Å². The molecule has 0 aromatic carbocycles. The van der Waals surface area contributed by atoms with Crippen molar-refractivity contribution in [1.82, 2.24) is 15.1 Å². The maximum absolute atomic E-state index is 9.49. The Morgan fingerprint density at radius 1 is 1.19 bits per heavy atom. The topological polar surface area (TPSA) is 42.3 Å². The van der Waals surface area contributed by atoms with Crippen molar-refractivity contribution in [2.24, 2.45) is 5.92 Å². The van der Waals surface area contributed by atoms with Gasteiger partial charge < -0.3 is 4.90 Å². The van der Waals surface area contributed by atoms with Crippen LogP contribution in [0.25, 0.3) is 0 Å². The highest BCUT2D eigenvalue weighted by Crippen LogP contribution is 2.30. The van der Waals surface area contributed by atoms with Crippen molar-refractivity contribution in [3.8, 4) is 6.07 Å². The van der Waals surface area contributed by atoms with E-state index in [1.807, 2.05) is 6.92 Å². The number of piperazine rings is 1. The van der Waals surface area contributed by atoms with Gasteiger partial charge in [0.25, 0.3) is 0 Å². The molecule has 4 nitrogen and oxygen atoms in total. The van der Waals surface area contributed by atoms with E-state index in [0.29, 0.717) is 12.1 Å². The SMILES string of the molecule is CC(C)NC(C)(C#N)CC(C)N1CCN(CC2CC2)CC1. The van der Waals surface area contributed by atoms with Gasteiger partial charge in [-0.3, -0.25) is 10.2 Å². The molecule has 2 fully saturated rings. The van der Waals surface area contributed by atoms with Crippen LogP contribution >= 0.6 is 0 Å². The van der Waals surface area contributed by atoms with E-state index in [4.69, 9.17) is 0 Å². The predicted octanol–water partition coefficient (Wildman–Crippen LogP) is 2.07. The minimum absolute atomic E-state index is 0.345. The monoisotopic (exact) mass is 292 g/mol. The maximum Gasteiger partial charge on any atom is 0.105 e. The zero-order valence-electron chi connectivity index (χ0n) is 14.2. The van der Waals surface area contributed by atoms with Gasteiger partial charge in [-0.05, 0) is 52.9 Å². The summed E-state index contributed by atoms with van der Waals surface area (Å²) in [4.78, 5) is 5.18. The van der Waals surface area contributed by atoms with E-state index in [9.17, 15) is 5.26 Å². The first-order valence-electron chi connectivity index (χ1n) is 8.57. The molecule has 2 rings (SSSR count). The van der Waals surface area contributed by atoms with Crippen LogP contribution in [0.1, 0.15) is 47.0 Å². The Morgan fingerprint density at radius 3 is 2.29 bits per heavy atom. The van der Waals surface area contributed by atoms with Crippen LogP contribution in [0.4, 0.5) is 0 Å². The lowest BCUT2D eigenvalue weighted by Crippen LogP contribution is -2.54. The molecule has 120 valence electrons. The average molecular weight is 292 g/mol. The molecular weight excluding hydrogens is 260 g/mol. The molecule has 2 atom stereocenters. The Hall–Kier alpha value is -0.630. The van der Waals surface area contributed by atoms with Crippen LogP contribution in [0.3, 0.4) is 0 Å². The molecule has 1 heterocycles. The highest BCUT2D eigenvalue weighted by atomic mass is 15.3. The van der Waals surface area contributed by atoms with Gasteiger partial charge in [-0.25, -0.2) is 0 Å². The van der Waals surface area contributed by atoms with Gasteiger partial charge in [-0.2, -0.15) is 5.26 Å². The molecule has 21 heavy (non-hydrogen) atoms. The Balaban J connectivity index is 1.77. The highest BCUT2D eigenvalue weighted by Gasteiger charge is 2.31. The molecule has 0 amide bonds. The summed E-state index contributed by atoms with van der Waals surface area (Å²) >= 11 is 0. The van der Waals surface area contributed by atoms with Crippen LogP contribution in [0.2, 0.25) is 0 Å². The Kier molecular flexibility index (Phi) is 5.65. The number of nitriles is 1. The Labute approximate surface area is 130 Å². The standard InChI is InChI=1S/C17H32N4/c1-14(2)19-17(4,13-18)11-15(3)21-9-7-20(8-10-21)12-16-5-6-16/h14-16,19H,5-12H2,1-4H3. The molecule has 0 aromatic rings. The molecule has 1 saturated heterocycles. The van der Waals surface area contributed by atoms with Crippen molar-refractivity contribution in [2.45, 2.75) is 64.6 Å². The molecule has 1 aliphatic carbocycles. The molecule has 1 saturated carbocycles. The number of hydrogen-bond donors (Lipinski definition) is 1. The van der Waals surface area contributed by atoms with Crippen molar-refractivity contribution in [3.05, 3.63) is 0 Å². The van der Waals surface area contributed by atoms with Crippen LogP contribution in [0.15, 0.2) is 0 Å². The zero-order chi connectivity index (χ0) is 15.5. The molecular formula is C17H32N4. The third-order valence-corrected chi connectivity index (χ3v) is 4.80. The fraction of sp³-hybridized carbons (Fsp3) is 0.941. The third kappa shape index (κ3) is 5.25. The van der Waals surface area contributed by atoms with Gasteiger partial charge in [-0.1, -0.05) is 0 Å². The third-order valence-electron chi connectivity index (χ3n) is 4.80. The summed E-state index contributed by atoms with van der Waals surface area (Å²) in [6.07, 6.45) is 3.78. The fourth-order valence-electron chi connectivity index (χ4n) is 3.55. The molecule has 0 bridgehead atoms. The van der Waals surface area contributed by atoms with Crippen LogP contribution in [0, 0.1) is 17.2 Å². The summed E-state index contributed by atoms with van der Waals surface area (Å²) in [6.45, 7) is 14.5. The van der Waals surface area contributed by atoms with Crippen molar-refractivity contribution < 1.29 is 0 Å². The number of rotatable bonds is 7. The Bertz CT molecular complexity index is 363. The quantitative estimate of drug-likeness (QED) is 0.780. The largest absolute Gasteiger partial charge is 0.301 e. The lowest BCUT2D eigenvalue weighted by atomic mass is 9.93. The molecule has 0 radical (unpaired) electrons. The summed E-state index contributed by atoms with van der Waals surface area (Å²) < 4.78 is 0. The lowest BCUT2D eigenvalue weighted by molar-refractivity contribution is 0.0873. The van der Waals surface area contributed by atoms with Gasteiger partial charge in [0, 0.05) is 44.8 Å². The highest BCUT2D eigenvalue weighted by molar-refractivity contribution is 5.06. The minimum atomic E-state index is -0.418. The second kappa shape index (κ2) is 7.09. The van der Waals surface area contributed by atoms with Crippen molar-refractivity contribution in [1.29, 1.82) is 5.26 Å². The predicted molar refractivity (Wildman–Crippen MR) is 87.1 cm³/mol. The van der Waals surface area contributed by atoms with E-state index in [-0.39, 0.29) is 0 Å². The summed E-state index contributed by atoms with van der Waals surface area (Å²) in [6, 6.07) is 3.28. The molecule has 1 N–H and O–H groups in total. The zero-order valence-corrected chi connectivity index (χ0v) is 14.2. The van der Waals surface area contributed by atoms with Crippen LogP contribution in [-0.4, -0.2) is 60.1 Å². The van der Waals surface area contributed by atoms with Gasteiger partial charge in [0.15, 0.2) is 0 Å². The van der Waals surface area contributed by atoms with Crippen LogP contribution < -0.4 is 5.32 Å². The first kappa shape index (κ1) is 16.7. The van der Waals surface area contributed by atoms with Gasteiger partial charge in [0.1, 0.15) is 5.54 Å². The normalized spacial score (nSPS) is 25.5. The van der Waals surface area contributed by atoms with Crippen LogP contribution in [0.5, 0.6) is 0 Å². The van der Waals surface area contributed by atoms with Gasteiger partial charge in [-0.15, -0.1) is 0 Å². The number of hydrogen-bond acceptors (Lipinski definition) is 4.